The third-order valence-electron chi connectivity index (χ3n) is 4.65. The first-order chi connectivity index (χ1) is 14.3. The van der Waals surface area contributed by atoms with Gasteiger partial charge in [0.05, 0.1) is 36.0 Å². The first kappa shape index (κ1) is 20.1. The monoisotopic (exact) mass is 436 g/mol. The van der Waals surface area contributed by atoms with Gasteiger partial charge in [0, 0.05) is 6.07 Å². The van der Waals surface area contributed by atoms with Crippen LogP contribution < -0.4 is 9.64 Å². The summed E-state index contributed by atoms with van der Waals surface area (Å²) in [4.78, 5) is 30.2. The summed E-state index contributed by atoms with van der Waals surface area (Å²) in [5, 5.41) is 0.272. The predicted octanol–water partition coefficient (Wildman–Crippen LogP) is 3.88. The normalized spacial score (nSPS) is 15.8. The smallest absolute Gasteiger partial charge is 0.309 e. The highest BCUT2D eigenvalue weighted by Crippen LogP contribution is 2.38. The second-order valence-corrected chi connectivity index (χ2v) is 7.81. The minimum atomic E-state index is -1.57. The van der Waals surface area contributed by atoms with Gasteiger partial charge in [-0.25, -0.2) is 18.2 Å². The number of methoxy groups -OCH3 is 1. The molecule has 10 heteroatoms. The number of hydrogen-bond donors (Lipinski definition) is 0. The van der Waals surface area contributed by atoms with Crippen molar-refractivity contribution in [3.05, 3.63) is 52.3 Å². The van der Waals surface area contributed by atoms with E-state index in [1.165, 1.54) is 12.0 Å². The van der Waals surface area contributed by atoms with Crippen molar-refractivity contribution in [3.63, 3.8) is 0 Å². The average molecular weight is 436 g/mol. The molecule has 1 aliphatic rings. The maximum Gasteiger partial charge on any atom is 0.309 e. The molecule has 6 nitrogen and oxygen atoms in total. The van der Waals surface area contributed by atoms with E-state index in [9.17, 15) is 22.8 Å². The quantitative estimate of drug-likeness (QED) is 0.459. The highest BCUT2D eigenvalue weighted by atomic mass is 32.1. The van der Waals surface area contributed by atoms with E-state index in [0.29, 0.717) is 11.4 Å². The molecular formula is C20H15F3N2O4S. The van der Waals surface area contributed by atoms with Crippen LogP contribution in [0, 0.1) is 24.4 Å². The van der Waals surface area contributed by atoms with Gasteiger partial charge in [-0.2, -0.15) is 0 Å². The number of ether oxygens (including phenoxy) is 2. The van der Waals surface area contributed by atoms with Crippen molar-refractivity contribution >= 4 is 39.1 Å². The number of anilines is 1. The number of nitrogens with zero attached hydrogens (tertiary/aromatic N) is 2. The largest absolute Gasteiger partial charge is 0.478 e. The molecule has 0 N–H and O–H groups in total. The number of carbonyl (C=O) groups is 2. The highest BCUT2D eigenvalue weighted by molar-refractivity contribution is 7.18. The molecule has 1 unspecified atom stereocenters. The molecular weight excluding hydrogens is 421 g/mol. The zero-order chi connectivity index (χ0) is 21.6. The maximum atomic E-state index is 14.1. The van der Waals surface area contributed by atoms with Gasteiger partial charge in [0.2, 0.25) is 0 Å². The molecule has 1 amide bonds. The van der Waals surface area contributed by atoms with Gasteiger partial charge in [0.1, 0.15) is 10.8 Å². The molecule has 1 aromatic heterocycles. The van der Waals surface area contributed by atoms with Gasteiger partial charge in [-0.3, -0.25) is 14.5 Å². The summed E-state index contributed by atoms with van der Waals surface area (Å²) in [7, 11) is 1.21. The molecule has 0 saturated carbocycles. The van der Waals surface area contributed by atoms with Gasteiger partial charge in [-0.1, -0.05) is 6.07 Å². The number of aromatic nitrogens is 1. The Morgan fingerprint density at radius 1 is 1.27 bits per heavy atom. The summed E-state index contributed by atoms with van der Waals surface area (Å²) in [5.41, 5.74) is 1.28. The summed E-state index contributed by atoms with van der Waals surface area (Å²) < 4.78 is 51.3. The number of aryl methyl sites for hydroxylation is 1. The highest BCUT2D eigenvalue weighted by Gasteiger charge is 2.36. The van der Waals surface area contributed by atoms with Crippen LogP contribution in [0.2, 0.25) is 0 Å². The second kappa shape index (κ2) is 7.60. The van der Waals surface area contributed by atoms with Crippen LogP contribution in [0.4, 0.5) is 18.9 Å². The van der Waals surface area contributed by atoms with Crippen LogP contribution in [0.3, 0.4) is 0 Å². The molecule has 0 fully saturated rings. The summed E-state index contributed by atoms with van der Waals surface area (Å²) in [5.74, 6) is -4.95. The molecule has 1 atom stereocenters. The molecule has 0 spiro atoms. The second-order valence-electron chi connectivity index (χ2n) is 6.72. The van der Waals surface area contributed by atoms with Crippen molar-refractivity contribution in [1.29, 1.82) is 0 Å². The maximum absolute atomic E-state index is 14.1. The number of rotatable bonds is 4. The van der Waals surface area contributed by atoms with E-state index in [2.05, 4.69) is 9.72 Å². The Hall–Kier alpha value is -3.14. The van der Waals surface area contributed by atoms with Crippen LogP contribution in [0.25, 0.3) is 10.2 Å². The van der Waals surface area contributed by atoms with E-state index in [4.69, 9.17) is 4.74 Å². The standard InChI is InChI=1S/C20H15F3N2O4S/c1-9-3-4-13-12(5-9)25(20(27)14(29-13)7-16(26)28-2)8-15-24-11-6-10(21)17(22)18(23)19(11)30-15/h3-6,14H,7-8H2,1-2H3. The number of fused-ring (bicyclic) bond motifs is 2. The van der Waals surface area contributed by atoms with Gasteiger partial charge in [-0.05, 0) is 24.6 Å². The number of benzene rings is 2. The molecule has 0 aliphatic carbocycles. The number of amides is 1. The van der Waals surface area contributed by atoms with Crippen LogP contribution >= 0.6 is 11.3 Å². The predicted molar refractivity (Wildman–Crippen MR) is 103 cm³/mol. The Labute approximate surface area is 172 Å². The van der Waals surface area contributed by atoms with E-state index in [-0.39, 0.29) is 28.2 Å². The Balaban J connectivity index is 1.74. The zero-order valence-corrected chi connectivity index (χ0v) is 16.7. The molecule has 2 heterocycles. The van der Waals surface area contributed by atoms with Gasteiger partial charge >= 0.3 is 5.97 Å². The van der Waals surface area contributed by atoms with E-state index in [1.54, 1.807) is 18.2 Å². The van der Waals surface area contributed by atoms with Crippen LogP contribution in [0.1, 0.15) is 17.0 Å². The van der Waals surface area contributed by atoms with Crippen LogP contribution in [-0.2, 0) is 20.9 Å². The lowest BCUT2D eigenvalue weighted by atomic mass is 10.1. The van der Waals surface area contributed by atoms with Crippen molar-refractivity contribution in [3.8, 4) is 5.75 Å². The molecule has 156 valence electrons. The minimum Gasteiger partial charge on any atom is -0.478 e. The number of hydrogen-bond acceptors (Lipinski definition) is 6. The number of thiazole rings is 1. The lowest BCUT2D eigenvalue weighted by Crippen LogP contribution is -2.46. The van der Waals surface area contributed by atoms with Crippen LogP contribution in [0.5, 0.6) is 5.75 Å². The molecule has 4 rings (SSSR count). The first-order valence-corrected chi connectivity index (χ1v) is 9.68. The molecule has 0 bridgehead atoms. The molecule has 0 saturated heterocycles. The third-order valence-corrected chi connectivity index (χ3v) is 5.70. The first-order valence-electron chi connectivity index (χ1n) is 8.87. The van der Waals surface area contributed by atoms with Gasteiger partial charge < -0.3 is 9.47 Å². The Morgan fingerprint density at radius 2 is 2.03 bits per heavy atom. The topological polar surface area (TPSA) is 68.7 Å². The molecule has 3 aromatic rings. The lowest BCUT2D eigenvalue weighted by Gasteiger charge is -2.33. The number of carbonyl (C=O) groups excluding carboxylic acids is 2. The summed E-state index contributed by atoms with van der Waals surface area (Å²) >= 11 is 0.822. The Kier molecular flexibility index (Phi) is 5.10. The Bertz CT molecular complexity index is 1180. The van der Waals surface area contributed by atoms with Gasteiger partial charge in [-0.15, -0.1) is 11.3 Å². The number of esters is 1. The van der Waals surface area contributed by atoms with Crippen LogP contribution in [0.15, 0.2) is 24.3 Å². The molecule has 0 radical (unpaired) electrons. The van der Waals surface area contributed by atoms with E-state index in [1.807, 2.05) is 6.92 Å². The molecule has 2 aromatic carbocycles. The van der Waals surface area contributed by atoms with E-state index in [0.717, 1.165) is 23.0 Å². The fourth-order valence-electron chi connectivity index (χ4n) is 3.18. The van der Waals surface area contributed by atoms with Crippen molar-refractivity contribution in [2.75, 3.05) is 12.0 Å². The molecule has 1 aliphatic heterocycles. The third kappa shape index (κ3) is 3.47. The summed E-state index contributed by atoms with van der Waals surface area (Å²) in [6.07, 6.45) is -1.39. The Morgan fingerprint density at radius 3 is 2.77 bits per heavy atom. The molecule has 30 heavy (non-hydrogen) atoms. The van der Waals surface area contributed by atoms with Gasteiger partial charge in [0.25, 0.3) is 5.91 Å². The van der Waals surface area contributed by atoms with E-state index < -0.39 is 35.4 Å². The van der Waals surface area contributed by atoms with Crippen LogP contribution in [-0.4, -0.2) is 30.1 Å². The fraction of sp³-hybridized carbons (Fsp3) is 0.250. The number of halogens is 3. The van der Waals surface area contributed by atoms with Crippen molar-refractivity contribution < 1.29 is 32.2 Å². The fourth-order valence-corrected chi connectivity index (χ4v) is 4.15. The van der Waals surface area contributed by atoms with E-state index >= 15 is 0 Å². The van der Waals surface area contributed by atoms with Crippen molar-refractivity contribution in [2.24, 2.45) is 0 Å². The van der Waals surface area contributed by atoms with Gasteiger partial charge in [0.15, 0.2) is 23.6 Å². The lowest BCUT2D eigenvalue weighted by molar-refractivity contribution is -0.145. The summed E-state index contributed by atoms with van der Waals surface area (Å²) in [6, 6.07) is 6.01. The zero-order valence-electron chi connectivity index (χ0n) is 15.9. The summed E-state index contributed by atoms with van der Waals surface area (Å²) in [6.45, 7) is 1.75. The van der Waals surface area contributed by atoms with Crippen molar-refractivity contribution in [2.45, 2.75) is 26.0 Å². The average Bonchev–Trinajstić information content (AvgIpc) is 3.12. The SMILES string of the molecule is COC(=O)CC1Oc2ccc(C)cc2N(Cc2nc3cc(F)c(F)c(F)c3s2)C1=O. The van der Waals surface area contributed by atoms with Crippen molar-refractivity contribution in [1.82, 2.24) is 4.98 Å². The minimum absolute atomic E-state index is 0.0392.